The molecule has 2 atom stereocenters. The third-order valence-electron chi connectivity index (χ3n) is 4.23. The molecule has 19 heavy (non-hydrogen) atoms. The van der Waals surface area contributed by atoms with E-state index < -0.39 is 0 Å². The lowest BCUT2D eigenvalue weighted by Crippen LogP contribution is -2.61. The van der Waals surface area contributed by atoms with Crippen molar-refractivity contribution in [1.82, 2.24) is 10.3 Å². The second-order valence-electron chi connectivity index (χ2n) is 5.00. The van der Waals surface area contributed by atoms with Crippen LogP contribution in [-0.4, -0.2) is 29.6 Å². The van der Waals surface area contributed by atoms with E-state index >= 15 is 0 Å². The van der Waals surface area contributed by atoms with Gasteiger partial charge in [-0.3, -0.25) is 16.2 Å². The summed E-state index contributed by atoms with van der Waals surface area (Å²) in [5, 5.41) is 2.12. The van der Waals surface area contributed by atoms with Gasteiger partial charge in [0, 0.05) is 27.4 Å². The van der Waals surface area contributed by atoms with Crippen molar-refractivity contribution in [2.24, 2.45) is 5.84 Å². The van der Waals surface area contributed by atoms with Crippen LogP contribution in [0.2, 0.25) is 0 Å². The zero-order valence-corrected chi connectivity index (χ0v) is 14.8. The average Bonchev–Trinajstić information content (AvgIpc) is 2.82. The molecule has 0 saturated carbocycles. The number of nitrogens with two attached hydrogens (primary N) is 1. The number of nitrogens with one attached hydrogen (secondary N) is 1. The average molecular weight is 348 g/mol. The van der Waals surface area contributed by atoms with Crippen LogP contribution in [0.3, 0.4) is 0 Å². The molecular formula is C14H26BrN3S. The van der Waals surface area contributed by atoms with Gasteiger partial charge < -0.3 is 0 Å². The number of hydrogen-bond acceptors (Lipinski definition) is 4. The Labute approximate surface area is 129 Å². The number of nitrogens with zero attached hydrogens (tertiary/aromatic N) is 1. The second kappa shape index (κ2) is 7.74. The molecule has 1 rings (SSSR count). The van der Waals surface area contributed by atoms with Crippen LogP contribution in [0.5, 0.6) is 0 Å². The maximum atomic E-state index is 5.86. The summed E-state index contributed by atoms with van der Waals surface area (Å²) in [5.41, 5.74) is 3.12. The van der Waals surface area contributed by atoms with Crippen LogP contribution < -0.4 is 11.3 Å². The number of hydrogen-bond donors (Lipinski definition) is 2. The van der Waals surface area contributed by atoms with Crippen molar-refractivity contribution in [3.8, 4) is 0 Å². The smallest absolute Gasteiger partial charge is 0.0440 e. The molecular weight excluding hydrogens is 322 g/mol. The fourth-order valence-corrected chi connectivity index (χ4v) is 4.31. The predicted molar refractivity (Wildman–Crippen MR) is 88.5 cm³/mol. The summed E-state index contributed by atoms with van der Waals surface area (Å²) < 4.78 is 1.19. The summed E-state index contributed by atoms with van der Waals surface area (Å²) in [6, 6.07) is 2.35. The second-order valence-corrected chi connectivity index (χ2v) is 6.85. The first kappa shape index (κ1) is 17.1. The lowest BCUT2D eigenvalue weighted by Gasteiger charge is -2.45. The van der Waals surface area contributed by atoms with Crippen LogP contribution in [0.4, 0.5) is 0 Å². The zero-order chi connectivity index (χ0) is 14.5. The number of thiophene rings is 1. The van der Waals surface area contributed by atoms with Crippen LogP contribution in [0.15, 0.2) is 15.9 Å². The molecule has 1 heterocycles. The molecule has 5 heteroatoms. The van der Waals surface area contributed by atoms with Gasteiger partial charge in [-0.2, -0.15) is 0 Å². The van der Waals surface area contributed by atoms with E-state index in [9.17, 15) is 0 Å². The molecule has 0 radical (unpaired) electrons. The van der Waals surface area contributed by atoms with Crippen molar-refractivity contribution in [1.29, 1.82) is 0 Å². The van der Waals surface area contributed by atoms with E-state index in [0.717, 1.165) is 25.9 Å². The highest BCUT2D eigenvalue weighted by atomic mass is 79.9. The van der Waals surface area contributed by atoms with Gasteiger partial charge in [-0.15, -0.1) is 11.3 Å². The maximum Gasteiger partial charge on any atom is 0.0440 e. The normalized spacial score (nSPS) is 16.6. The van der Waals surface area contributed by atoms with Crippen LogP contribution in [-0.2, 0) is 6.42 Å². The van der Waals surface area contributed by atoms with Gasteiger partial charge in [-0.25, -0.2) is 0 Å². The van der Waals surface area contributed by atoms with Gasteiger partial charge in [-0.1, -0.05) is 20.8 Å². The Morgan fingerprint density at radius 2 is 2.05 bits per heavy atom. The first-order chi connectivity index (χ1) is 9.03. The molecule has 1 aromatic rings. The van der Waals surface area contributed by atoms with Gasteiger partial charge in [0.15, 0.2) is 0 Å². The van der Waals surface area contributed by atoms with Crippen molar-refractivity contribution in [2.75, 3.05) is 13.1 Å². The summed E-state index contributed by atoms with van der Waals surface area (Å²) in [4.78, 5) is 3.86. The highest BCUT2D eigenvalue weighted by Crippen LogP contribution is 2.30. The molecule has 0 saturated heterocycles. The predicted octanol–water partition coefficient (Wildman–Crippen LogP) is 3.40. The highest BCUT2D eigenvalue weighted by molar-refractivity contribution is 9.10. The Hall–Kier alpha value is 0.0600. The van der Waals surface area contributed by atoms with Crippen molar-refractivity contribution < 1.29 is 0 Å². The molecule has 0 aromatic carbocycles. The van der Waals surface area contributed by atoms with E-state index in [2.05, 4.69) is 65.4 Å². The number of rotatable bonds is 8. The monoisotopic (exact) mass is 347 g/mol. The van der Waals surface area contributed by atoms with E-state index in [1.807, 2.05) is 0 Å². The molecule has 0 amide bonds. The molecule has 0 bridgehead atoms. The molecule has 3 nitrogen and oxygen atoms in total. The molecule has 0 aliphatic heterocycles. The molecule has 0 spiro atoms. The molecule has 0 fully saturated rings. The van der Waals surface area contributed by atoms with E-state index in [-0.39, 0.29) is 11.6 Å². The number of hydrazine groups is 1. The number of likely N-dealkylation sites (N-methyl/N-ethyl adjacent to an activating group) is 1. The van der Waals surface area contributed by atoms with Gasteiger partial charge in [0.2, 0.25) is 0 Å². The molecule has 3 N–H and O–H groups in total. The zero-order valence-electron chi connectivity index (χ0n) is 12.4. The van der Waals surface area contributed by atoms with Gasteiger partial charge in [0.1, 0.15) is 0 Å². The minimum atomic E-state index is 0.0711. The summed E-state index contributed by atoms with van der Waals surface area (Å²) in [5.74, 6) is 5.86. The first-order valence-electron chi connectivity index (χ1n) is 6.96. The Morgan fingerprint density at radius 3 is 2.42 bits per heavy atom. The van der Waals surface area contributed by atoms with E-state index in [4.69, 9.17) is 5.84 Å². The molecule has 110 valence electrons. The summed E-state index contributed by atoms with van der Waals surface area (Å²) in [6.45, 7) is 11.1. The minimum Gasteiger partial charge on any atom is -0.297 e. The summed E-state index contributed by atoms with van der Waals surface area (Å²) in [7, 11) is 0. The fourth-order valence-electron chi connectivity index (χ4n) is 2.75. The van der Waals surface area contributed by atoms with Crippen LogP contribution >= 0.6 is 27.3 Å². The van der Waals surface area contributed by atoms with Crippen molar-refractivity contribution in [2.45, 2.75) is 52.1 Å². The minimum absolute atomic E-state index is 0.0711. The van der Waals surface area contributed by atoms with Crippen LogP contribution in [0.25, 0.3) is 0 Å². The first-order valence-corrected chi connectivity index (χ1v) is 8.63. The SMILES string of the molecule is CCN(CC)C(C)(CC)C(Cc1sccc1Br)NN. The van der Waals surface area contributed by atoms with Gasteiger partial charge in [-0.05, 0) is 53.8 Å². The lowest BCUT2D eigenvalue weighted by molar-refractivity contribution is 0.0703. The standard InChI is InChI=1S/C14H26BrN3S/c1-5-14(4,18(6-2)7-3)13(17-16)10-12-11(15)8-9-19-12/h8-9,13,17H,5-7,10,16H2,1-4H3. The van der Waals surface area contributed by atoms with Crippen LogP contribution in [0, 0.1) is 0 Å². The molecule has 0 aliphatic rings. The van der Waals surface area contributed by atoms with Gasteiger partial charge >= 0.3 is 0 Å². The van der Waals surface area contributed by atoms with E-state index in [1.165, 1.54) is 9.35 Å². The van der Waals surface area contributed by atoms with Crippen LogP contribution in [0.1, 0.15) is 39.0 Å². The fraction of sp³-hybridized carbons (Fsp3) is 0.714. The van der Waals surface area contributed by atoms with E-state index in [0.29, 0.717) is 0 Å². The molecule has 2 unspecified atom stereocenters. The third kappa shape index (κ3) is 3.79. The third-order valence-corrected chi connectivity index (χ3v) is 6.18. The summed E-state index contributed by atoms with van der Waals surface area (Å²) in [6.07, 6.45) is 2.03. The number of halogens is 1. The topological polar surface area (TPSA) is 41.3 Å². The molecule has 0 aliphatic carbocycles. The Balaban J connectivity index is 2.95. The van der Waals surface area contributed by atoms with Crippen molar-refractivity contribution in [3.63, 3.8) is 0 Å². The van der Waals surface area contributed by atoms with Crippen molar-refractivity contribution >= 4 is 27.3 Å². The lowest BCUT2D eigenvalue weighted by atomic mass is 9.85. The van der Waals surface area contributed by atoms with Gasteiger partial charge in [0.05, 0.1) is 0 Å². The largest absolute Gasteiger partial charge is 0.297 e. The van der Waals surface area contributed by atoms with Crippen molar-refractivity contribution in [3.05, 3.63) is 20.8 Å². The van der Waals surface area contributed by atoms with E-state index in [1.54, 1.807) is 11.3 Å². The Kier molecular flexibility index (Phi) is 6.97. The highest BCUT2D eigenvalue weighted by Gasteiger charge is 2.36. The Bertz CT molecular complexity index is 379. The summed E-state index contributed by atoms with van der Waals surface area (Å²) >= 11 is 5.40. The Morgan fingerprint density at radius 1 is 1.42 bits per heavy atom. The molecule has 1 aromatic heterocycles. The van der Waals surface area contributed by atoms with Gasteiger partial charge in [0.25, 0.3) is 0 Å². The maximum absolute atomic E-state index is 5.86. The quantitative estimate of drug-likeness (QED) is 0.559.